The van der Waals surface area contributed by atoms with E-state index in [4.69, 9.17) is 0 Å². The van der Waals surface area contributed by atoms with Crippen LogP contribution in [0.1, 0.15) is 156 Å². The standard InChI is InChI=1S/C37H61PS/c1-11-12-13-14-15-16-17-18-19-23-26-39-38(29-30-24-21-20-22-25-30)34-32(36(5,6)7)27-31(35(2,3)4)28-33(34)37(8,9)10/h20-22,24-25,27-28H,11-19,23,26,29H2,1-10H3. The lowest BCUT2D eigenvalue weighted by molar-refractivity contribution is 0.553. The van der Waals surface area contributed by atoms with Crippen LogP contribution in [0.4, 0.5) is 0 Å². The van der Waals surface area contributed by atoms with Crippen molar-refractivity contribution in [3.8, 4) is 0 Å². The van der Waals surface area contributed by atoms with Crippen LogP contribution in [-0.4, -0.2) is 5.75 Å². The first-order valence-corrected chi connectivity index (χ1v) is 19.0. The number of hydrogen-bond donors (Lipinski definition) is 0. The van der Waals surface area contributed by atoms with Crippen LogP contribution in [-0.2, 0) is 22.4 Å². The summed E-state index contributed by atoms with van der Waals surface area (Å²) in [6.07, 6.45) is 15.2. The van der Waals surface area contributed by atoms with Gasteiger partial charge in [-0.25, -0.2) is 0 Å². The Morgan fingerprint density at radius 3 is 1.49 bits per heavy atom. The van der Waals surface area contributed by atoms with Crippen molar-refractivity contribution in [1.29, 1.82) is 0 Å². The Kier molecular flexibility index (Phi) is 14.1. The number of benzene rings is 2. The van der Waals surface area contributed by atoms with Crippen LogP contribution in [0.5, 0.6) is 0 Å². The fourth-order valence-electron chi connectivity index (χ4n) is 5.18. The first kappa shape index (κ1) is 34.4. The monoisotopic (exact) mass is 568 g/mol. The average molecular weight is 569 g/mol. The first-order valence-electron chi connectivity index (χ1n) is 15.9. The molecule has 0 saturated carbocycles. The molecule has 0 heterocycles. The van der Waals surface area contributed by atoms with Gasteiger partial charge >= 0.3 is 0 Å². The lowest BCUT2D eigenvalue weighted by atomic mass is 9.75. The summed E-state index contributed by atoms with van der Waals surface area (Å²) in [6, 6.07) is 16.4. The lowest BCUT2D eigenvalue weighted by Crippen LogP contribution is -2.31. The third-order valence-electron chi connectivity index (χ3n) is 7.76. The molecular formula is C37H61PS. The van der Waals surface area contributed by atoms with Crippen LogP contribution in [0.25, 0.3) is 0 Å². The molecule has 0 spiro atoms. The van der Waals surface area contributed by atoms with E-state index in [1.165, 1.54) is 87.2 Å². The van der Waals surface area contributed by atoms with Gasteiger partial charge in [0.1, 0.15) is 0 Å². The highest BCUT2D eigenvalue weighted by Gasteiger charge is 2.32. The van der Waals surface area contributed by atoms with Crippen molar-refractivity contribution < 1.29 is 0 Å². The topological polar surface area (TPSA) is 0 Å². The fraction of sp³-hybridized carbons (Fsp3) is 0.676. The third kappa shape index (κ3) is 11.9. The summed E-state index contributed by atoms with van der Waals surface area (Å²) >= 11 is 2.29. The SMILES string of the molecule is CCCCCCCCCCCCSP(Cc1ccccc1)c1c(C(C)(C)C)cc(C(C)(C)C)cc1C(C)(C)C. The normalized spacial score (nSPS) is 13.6. The van der Waals surface area contributed by atoms with Crippen molar-refractivity contribution in [3.63, 3.8) is 0 Å². The molecule has 2 heteroatoms. The Morgan fingerprint density at radius 1 is 0.590 bits per heavy atom. The molecule has 0 fully saturated rings. The Hall–Kier alpha value is -0.780. The molecule has 0 aliphatic carbocycles. The molecule has 2 rings (SSSR count). The van der Waals surface area contributed by atoms with Gasteiger partial charge in [-0.3, -0.25) is 0 Å². The summed E-state index contributed by atoms with van der Waals surface area (Å²) in [4.78, 5) is 0. The minimum Gasteiger partial charge on any atom is -0.129 e. The molecule has 0 amide bonds. The molecule has 0 aliphatic rings. The summed E-state index contributed by atoms with van der Waals surface area (Å²) in [6.45, 7) is 24.0. The maximum atomic E-state index is 2.58. The van der Waals surface area contributed by atoms with Gasteiger partial charge in [-0.1, -0.05) is 169 Å². The van der Waals surface area contributed by atoms with Crippen LogP contribution >= 0.6 is 18.5 Å². The van der Waals surface area contributed by atoms with Crippen LogP contribution < -0.4 is 5.30 Å². The maximum Gasteiger partial charge on any atom is 0.00600 e. The highest BCUT2D eigenvalue weighted by Crippen LogP contribution is 2.55. The summed E-state index contributed by atoms with van der Waals surface area (Å²) in [5, 5.41) is 1.68. The van der Waals surface area contributed by atoms with Crippen molar-refractivity contribution in [2.75, 3.05) is 5.75 Å². The van der Waals surface area contributed by atoms with Gasteiger partial charge in [-0.2, -0.15) is 0 Å². The van der Waals surface area contributed by atoms with E-state index < -0.39 is 0 Å². The molecule has 1 unspecified atom stereocenters. The molecule has 0 aliphatic heterocycles. The number of rotatable bonds is 15. The lowest BCUT2D eigenvalue weighted by Gasteiger charge is -2.36. The van der Waals surface area contributed by atoms with E-state index in [2.05, 4.69) is 123 Å². The Morgan fingerprint density at radius 2 is 1.05 bits per heavy atom. The molecule has 220 valence electrons. The maximum absolute atomic E-state index is 2.58. The zero-order valence-electron chi connectivity index (χ0n) is 27.4. The van der Waals surface area contributed by atoms with Gasteiger partial charge in [0.25, 0.3) is 0 Å². The molecule has 39 heavy (non-hydrogen) atoms. The summed E-state index contributed by atoms with van der Waals surface area (Å²) < 4.78 is 0. The van der Waals surface area contributed by atoms with Gasteiger partial charge in [0.05, 0.1) is 0 Å². The predicted octanol–water partition coefficient (Wildman–Crippen LogP) is 12.5. The molecule has 0 bridgehead atoms. The summed E-state index contributed by atoms with van der Waals surface area (Å²) in [5.74, 6) is 1.28. The number of hydrogen-bond acceptors (Lipinski definition) is 1. The quantitative estimate of drug-likeness (QED) is 0.152. The first-order chi connectivity index (χ1) is 18.2. The van der Waals surface area contributed by atoms with Crippen molar-refractivity contribution >= 4 is 23.8 Å². The van der Waals surface area contributed by atoms with E-state index in [1.54, 1.807) is 16.4 Å². The molecule has 0 N–H and O–H groups in total. The highest BCUT2D eigenvalue weighted by molar-refractivity contribution is 8.57. The van der Waals surface area contributed by atoms with E-state index in [-0.39, 0.29) is 23.4 Å². The largest absolute Gasteiger partial charge is 0.129 e. The molecule has 1 atom stereocenters. The van der Waals surface area contributed by atoms with Gasteiger partial charge < -0.3 is 0 Å². The molecule has 0 saturated heterocycles. The molecule has 2 aromatic carbocycles. The van der Waals surface area contributed by atoms with Crippen LogP contribution in [0.3, 0.4) is 0 Å². The molecule has 0 aromatic heterocycles. The molecular weight excluding hydrogens is 507 g/mol. The van der Waals surface area contributed by atoms with E-state index in [9.17, 15) is 0 Å². The zero-order valence-corrected chi connectivity index (χ0v) is 29.1. The van der Waals surface area contributed by atoms with Crippen LogP contribution in [0.2, 0.25) is 0 Å². The van der Waals surface area contributed by atoms with Crippen LogP contribution in [0.15, 0.2) is 42.5 Å². The zero-order chi connectivity index (χ0) is 29.1. The Bertz CT molecular complexity index is 921. The summed E-state index contributed by atoms with van der Waals surface area (Å²) in [7, 11) is -0.370. The highest BCUT2D eigenvalue weighted by atomic mass is 32.7. The summed E-state index contributed by atoms with van der Waals surface area (Å²) in [5.41, 5.74) is 6.50. The van der Waals surface area contributed by atoms with Gasteiger partial charge in [-0.05, 0) is 63.1 Å². The van der Waals surface area contributed by atoms with E-state index in [0.717, 1.165) is 0 Å². The third-order valence-corrected chi connectivity index (χ3v) is 12.6. The van der Waals surface area contributed by atoms with Crippen molar-refractivity contribution in [1.82, 2.24) is 0 Å². The second-order valence-corrected chi connectivity index (χ2v) is 19.0. The Balaban J connectivity index is 2.28. The molecule has 0 nitrogen and oxygen atoms in total. The van der Waals surface area contributed by atoms with Crippen molar-refractivity contribution in [3.05, 3.63) is 64.7 Å². The minimum absolute atomic E-state index is 0.117. The number of unbranched alkanes of at least 4 members (excludes halogenated alkanes) is 9. The second kappa shape index (κ2) is 16.0. The second-order valence-electron chi connectivity index (χ2n) is 14.7. The smallest absolute Gasteiger partial charge is 0.00600 e. The predicted molar refractivity (Wildman–Crippen MR) is 184 cm³/mol. The molecule has 0 radical (unpaired) electrons. The minimum atomic E-state index is -0.370. The van der Waals surface area contributed by atoms with Gasteiger partial charge in [-0.15, -0.1) is 11.4 Å². The van der Waals surface area contributed by atoms with Crippen LogP contribution in [0, 0.1) is 0 Å². The van der Waals surface area contributed by atoms with Crippen molar-refractivity contribution in [2.45, 2.75) is 156 Å². The average Bonchev–Trinajstić information content (AvgIpc) is 2.84. The van der Waals surface area contributed by atoms with Gasteiger partial charge in [0.15, 0.2) is 0 Å². The van der Waals surface area contributed by atoms with E-state index >= 15 is 0 Å². The Labute approximate surface area is 249 Å². The van der Waals surface area contributed by atoms with E-state index in [0.29, 0.717) is 0 Å². The van der Waals surface area contributed by atoms with Gasteiger partial charge in [0, 0.05) is 6.16 Å². The van der Waals surface area contributed by atoms with Crippen molar-refractivity contribution in [2.24, 2.45) is 0 Å². The fourth-order valence-corrected chi connectivity index (χ4v) is 10.7. The van der Waals surface area contributed by atoms with E-state index in [1.807, 2.05) is 0 Å². The van der Waals surface area contributed by atoms with Gasteiger partial charge in [0.2, 0.25) is 0 Å². The molecule has 2 aromatic rings.